The SMILES string of the molecule is CCOc1ccc(NC(C)C2CCCN(CC)C2)c(C)c1. The maximum atomic E-state index is 5.56. The summed E-state index contributed by atoms with van der Waals surface area (Å²) in [7, 11) is 0. The van der Waals surface area contributed by atoms with Crippen molar-refractivity contribution in [2.75, 3.05) is 31.6 Å². The zero-order valence-corrected chi connectivity index (χ0v) is 14.0. The Hall–Kier alpha value is -1.22. The number of ether oxygens (including phenoxy) is 1. The summed E-state index contributed by atoms with van der Waals surface area (Å²) in [5.41, 5.74) is 2.50. The molecule has 0 saturated carbocycles. The van der Waals surface area contributed by atoms with Crippen LogP contribution in [0.3, 0.4) is 0 Å². The minimum absolute atomic E-state index is 0.510. The summed E-state index contributed by atoms with van der Waals surface area (Å²) in [6.07, 6.45) is 2.66. The van der Waals surface area contributed by atoms with Gasteiger partial charge in [0.15, 0.2) is 0 Å². The van der Waals surface area contributed by atoms with Crippen molar-refractivity contribution in [2.45, 2.75) is 46.6 Å². The molecule has 21 heavy (non-hydrogen) atoms. The molecule has 1 fully saturated rings. The van der Waals surface area contributed by atoms with Crippen LogP contribution in [0.5, 0.6) is 5.75 Å². The average molecular weight is 290 g/mol. The number of rotatable bonds is 6. The number of nitrogens with one attached hydrogen (secondary N) is 1. The summed E-state index contributed by atoms with van der Waals surface area (Å²) in [5.74, 6) is 1.70. The highest BCUT2D eigenvalue weighted by molar-refractivity contribution is 5.54. The fourth-order valence-electron chi connectivity index (χ4n) is 3.20. The molecule has 2 unspecified atom stereocenters. The van der Waals surface area contributed by atoms with E-state index in [9.17, 15) is 0 Å². The lowest BCUT2D eigenvalue weighted by Gasteiger charge is -2.36. The monoisotopic (exact) mass is 290 g/mol. The van der Waals surface area contributed by atoms with Crippen LogP contribution in [0.15, 0.2) is 18.2 Å². The van der Waals surface area contributed by atoms with Crippen molar-refractivity contribution in [3.05, 3.63) is 23.8 Å². The van der Waals surface area contributed by atoms with Crippen molar-refractivity contribution in [3.63, 3.8) is 0 Å². The lowest BCUT2D eigenvalue weighted by molar-refractivity contribution is 0.172. The molecule has 118 valence electrons. The molecule has 0 amide bonds. The molecule has 0 radical (unpaired) electrons. The largest absolute Gasteiger partial charge is 0.494 e. The van der Waals surface area contributed by atoms with Crippen molar-refractivity contribution >= 4 is 5.69 Å². The van der Waals surface area contributed by atoms with Crippen molar-refractivity contribution in [2.24, 2.45) is 5.92 Å². The second kappa shape index (κ2) is 7.69. The number of hydrogen-bond acceptors (Lipinski definition) is 3. The first-order chi connectivity index (χ1) is 10.1. The molecule has 2 rings (SSSR count). The van der Waals surface area contributed by atoms with Crippen molar-refractivity contribution in [1.82, 2.24) is 4.90 Å². The average Bonchev–Trinajstić information content (AvgIpc) is 2.50. The van der Waals surface area contributed by atoms with E-state index in [-0.39, 0.29) is 0 Å². The molecule has 0 bridgehead atoms. The van der Waals surface area contributed by atoms with Gasteiger partial charge < -0.3 is 15.0 Å². The number of aryl methyl sites for hydroxylation is 1. The highest BCUT2D eigenvalue weighted by atomic mass is 16.5. The van der Waals surface area contributed by atoms with Gasteiger partial charge in [-0.05, 0) is 76.4 Å². The minimum Gasteiger partial charge on any atom is -0.494 e. The molecule has 2 atom stereocenters. The Bertz CT molecular complexity index is 447. The third-order valence-corrected chi connectivity index (χ3v) is 4.59. The van der Waals surface area contributed by atoms with Crippen LogP contribution in [0, 0.1) is 12.8 Å². The van der Waals surface area contributed by atoms with E-state index in [1.165, 1.54) is 43.7 Å². The lowest BCUT2D eigenvalue weighted by atomic mass is 9.91. The van der Waals surface area contributed by atoms with Gasteiger partial charge in [0.1, 0.15) is 5.75 Å². The van der Waals surface area contributed by atoms with Crippen LogP contribution in [-0.2, 0) is 0 Å². The Morgan fingerprint density at radius 1 is 1.38 bits per heavy atom. The van der Waals surface area contributed by atoms with Crippen LogP contribution in [0.4, 0.5) is 5.69 Å². The van der Waals surface area contributed by atoms with Gasteiger partial charge in [0.25, 0.3) is 0 Å². The van der Waals surface area contributed by atoms with Gasteiger partial charge in [-0.25, -0.2) is 0 Å². The first kappa shape index (κ1) is 16.2. The molecular weight excluding hydrogens is 260 g/mol. The molecule has 1 heterocycles. The van der Waals surface area contributed by atoms with E-state index in [1.807, 2.05) is 6.92 Å². The standard InChI is InChI=1S/C18H30N2O/c1-5-20-11-7-8-16(13-20)15(4)19-18-10-9-17(21-6-2)12-14(18)3/h9-10,12,15-16,19H,5-8,11,13H2,1-4H3. The third-order valence-electron chi connectivity index (χ3n) is 4.59. The fourth-order valence-corrected chi connectivity index (χ4v) is 3.20. The zero-order chi connectivity index (χ0) is 15.2. The van der Waals surface area contributed by atoms with Gasteiger partial charge >= 0.3 is 0 Å². The molecule has 3 heteroatoms. The number of benzene rings is 1. The summed E-state index contributed by atoms with van der Waals surface area (Å²) in [5, 5.41) is 3.71. The van der Waals surface area contributed by atoms with Crippen LogP contribution >= 0.6 is 0 Å². The van der Waals surface area contributed by atoms with Crippen LogP contribution < -0.4 is 10.1 Å². The number of piperidine rings is 1. The highest BCUT2D eigenvalue weighted by Gasteiger charge is 2.23. The third kappa shape index (κ3) is 4.37. The van der Waals surface area contributed by atoms with Crippen LogP contribution in [-0.4, -0.2) is 37.2 Å². The van der Waals surface area contributed by atoms with Gasteiger partial charge in [0.2, 0.25) is 0 Å². The zero-order valence-electron chi connectivity index (χ0n) is 14.0. The number of anilines is 1. The summed E-state index contributed by atoms with van der Waals surface area (Å²) < 4.78 is 5.56. The Labute approximate surface area is 129 Å². The van der Waals surface area contributed by atoms with E-state index in [2.05, 4.69) is 49.2 Å². The highest BCUT2D eigenvalue weighted by Crippen LogP contribution is 2.26. The molecule has 1 aliphatic rings. The van der Waals surface area contributed by atoms with Crippen molar-refractivity contribution < 1.29 is 4.74 Å². The Balaban J connectivity index is 1.97. The molecule has 0 aliphatic carbocycles. The lowest BCUT2D eigenvalue weighted by Crippen LogP contribution is -2.41. The molecule has 0 aromatic heterocycles. The topological polar surface area (TPSA) is 24.5 Å². The Morgan fingerprint density at radius 3 is 2.86 bits per heavy atom. The summed E-state index contributed by atoms with van der Waals surface area (Å²) in [6.45, 7) is 13.1. The van der Waals surface area contributed by atoms with E-state index in [0.29, 0.717) is 6.04 Å². The molecular formula is C18H30N2O. The predicted molar refractivity (Wildman–Crippen MR) is 90.3 cm³/mol. The van der Waals surface area contributed by atoms with Crippen molar-refractivity contribution in [1.29, 1.82) is 0 Å². The van der Waals surface area contributed by atoms with E-state index in [0.717, 1.165) is 18.3 Å². The maximum Gasteiger partial charge on any atom is 0.119 e. The summed E-state index contributed by atoms with van der Waals surface area (Å²) >= 11 is 0. The smallest absolute Gasteiger partial charge is 0.119 e. The molecule has 1 N–H and O–H groups in total. The van der Waals surface area contributed by atoms with Gasteiger partial charge in [0.05, 0.1) is 6.61 Å². The number of likely N-dealkylation sites (tertiary alicyclic amines) is 1. The number of hydrogen-bond donors (Lipinski definition) is 1. The molecule has 3 nitrogen and oxygen atoms in total. The van der Waals surface area contributed by atoms with Gasteiger partial charge in [-0.1, -0.05) is 6.92 Å². The predicted octanol–water partition coefficient (Wildman–Crippen LogP) is 3.93. The minimum atomic E-state index is 0.510. The van der Waals surface area contributed by atoms with Crippen LogP contribution in [0.25, 0.3) is 0 Å². The van der Waals surface area contributed by atoms with E-state index >= 15 is 0 Å². The van der Waals surface area contributed by atoms with E-state index < -0.39 is 0 Å². The van der Waals surface area contributed by atoms with Gasteiger partial charge in [-0.3, -0.25) is 0 Å². The number of nitrogens with zero attached hydrogens (tertiary/aromatic N) is 1. The molecule has 1 saturated heterocycles. The molecule has 0 spiro atoms. The summed E-state index contributed by atoms with van der Waals surface area (Å²) in [4.78, 5) is 2.57. The molecule has 1 aromatic carbocycles. The first-order valence-electron chi connectivity index (χ1n) is 8.36. The van der Waals surface area contributed by atoms with E-state index in [1.54, 1.807) is 0 Å². The Morgan fingerprint density at radius 2 is 2.19 bits per heavy atom. The molecule has 1 aliphatic heterocycles. The van der Waals surface area contributed by atoms with Gasteiger partial charge in [-0.15, -0.1) is 0 Å². The quantitative estimate of drug-likeness (QED) is 0.859. The molecule has 1 aromatic rings. The second-order valence-electron chi connectivity index (χ2n) is 6.14. The van der Waals surface area contributed by atoms with E-state index in [4.69, 9.17) is 4.74 Å². The summed E-state index contributed by atoms with van der Waals surface area (Å²) in [6, 6.07) is 6.84. The Kier molecular flexibility index (Phi) is 5.92. The maximum absolute atomic E-state index is 5.56. The van der Waals surface area contributed by atoms with Crippen LogP contribution in [0.1, 0.15) is 39.2 Å². The normalized spacial score (nSPS) is 21.0. The van der Waals surface area contributed by atoms with Gasteiger partial charge in [0, 0.05) is 18.3 Å². The van der Waals surface area contributed by atoms with Crippen LogP contribution in [0.2, 0.25) is 0 Å². The van der Waals surface area contributed by atoms with Crippen molar-refractivity contribution in [3.8, 4) is 5.75 Å². The fraction of sp³-hybridized carbons (Fsp3) is 0.667. The first-order valence-corrected chi connectivity index (χ1v) is 8.36. The second-order valence-corrected chi connectivity index (χ2v) is 6.14. The van der Waals surface area contributed by atoms with Gasteiger partial charge in [-0.2, -0.15) is 0 Å².